The Morgan fingerprint density at radius 3 is 2.60 bits per heavy atom. The molecule has 3 rings (SSSR count). The quantitative estimate of drug-likeness (QED) is 0.681. The summed E-state index contributed by atoms with van der Waals surface area (Å²) in [6.07, 6.45) is 0.154. The van der Waals surface area contributed by atoms with Gasteiger partial charge < -0.3 is 9.15 Å². The summed E-state index contributed by atoms with van der Waals surface area (Å²) in [5.74, 6) is 1.13. The molecule has 0 amide bonds. The van der Waals surface area contributed by atoms with Crippen LogP contribution in [0.2, 0.25) is 0 Å². The maximum atomic E-state index is 12.1. The third-order valence-corrected chi connectivity index (χ3v) is 3.06. The zero-order valence-corrected chi connectivity index (χ0v) is 11.0. The van der Waals surface area contributed by atoms with E-state index in [1.54, 1.807) is 31.4 Å². The fourth-order valence-corrected chi connectivity index (χ4v) is 2.01. The Morgan fingerprint density at radius 1 is 1.15 bits per heavy atom. The Balaban J connectivity index is 1.80. The highest BCUT2D eigenvalue weighted by atomic mass is 16.5. The number of ketones is 1. The van der Waals surface area contributed by atoms with Crippen LogP contribution >= 0.6 is 0 Å². The highest BCUT2D eigenvalue weighted by Gasteiger charge is 2.12. The Bertz CT molecular complexity index is 711. The van der Waals surface area contributed by atoms with Gasteiger partial charge in [0.1, 0.15) is 11.3 Å². The maximum Gasteiger partial charge on any atom is 0.203 e. The van der Waals surface area contributed by atoms with E-state index in [4.69, 9.17) is 9.15 Å². The molecule has 0 spiro atoms. The first-order chi connectivity index (χ1) is 9.76. The third-order valence-electron chi connectivity index (χ3n) is 3.06. The number of carbonyl (C=O) groups is 1. The van der Waals surface area contributed by atoms with Crippen molar-refractivity contribution in [3.05, 3.63) is 60.0 Å². The molecule has 0 aliphatic heterocycles. The minimum Gasteiger partial charge on any atom is -0.497 e. The maximum absolute atomic E-state index is 12.1. The SMILES string of the molecule is COc1ccc(C(=O)Cc2nc3ccccc3o2)cc1. The van der Waals surface area contributed by atoms with Crippen molar-refractivity contribution in [2.75, 3.05) is 7.11 Å². The van der Waals surface area contributed by atoms with E-state index >= 15 is 0 Å². The predicted molar refractivity (Wildman–Crippen MR) is 75.0 cm³/mol. The van der Waals surface area contributed by atoms with Gasteiger partial charge in [-0.2, -0.15) is 0 Å². The van der Waals surface area contributed by atoms with Gasteiger partial charge in [0, 0.05) is 5.56 Å². The summed E-state index contributed by atoms with van der Waals surface area (Å²) in [7, 11) is 1.59. The fourth-order valence-electron chi connectivity index (χ4n) is 2.01. The lowest BCUT2D eigenvalue weighted by molar-refractivity contribution is 0.0986. The van der Waals surface area contributed by atoms with Crippen LogP contribution in [0, 0.1) is 0 Å². The molecule has 1 heterocycles. The Labute approximate surface area is 116 Å². The topological polar surface area (TPSA) is 52.3 Å². The highest BCUT2D eigenvalue weighted by molar-refractivity contribution is 5.97. The van der Waals surface area contributed by atoms with E-state index in [-0.39, 0.29) is 12.2 Å². The number of nitrogens with zero attached hydrogens (tertiary/aromatic N) is 1. The fraction of sp³-hybridized carbons (Fsp3) is 0.125. The summed E-state index contributed by atoms with van der Waals surface area (Å²) in [5.41, 5.74) is 2.09. The molecule has 0 aliphatic rings. The van der Waals surface area contributed by atoms with E-state index in [9.17, 15) is 4.79 Å². The number of oxazole rings is 1. The second kappa shape index (κ2) is 5.17. The number of aromatic nitrogens is 1. The molecule has 0 aliphatic carbocycles. The van der Waals surface area contributed by atoms with Crippen molar-refractivity contribution in [3.63, 3.8) is 0 Å². The van der Waals surface area contributed by atoms with Crippen molar-refractivity contribution in [3.8, 4) is 5.75 Å². The van der Waals surface area contributed by atoms with Crippen LogP contribution in [0.25, 0.3) is 11.1 Å². The zero-order valence-electron chi connectivity index (χ0n) is 11.0. The molecule has 100 valence electrons. The zero-order chi connectivity index (χ0) is 13.9. The summed E-state index contributed by atoms with van der Waals surface area (Å²) >= 11 is 0. The largest absolute Gasteiger partial charge is 0.497 e. The number of fused-ring (bicyclic) bond motifs is 1. The minimum absolute atomic E-state index is 0.0285. The molecular weight excluding hydrogens is 254 g/mol. The van der Waals surface area contributed by atoms with Crippen LogP contribution in [0.15, 0.2) is 52.9 Å². The number of ether oxygens (including phenoxy) is 1. The molecule has 0 N–H and O–H groups in total. The van der Waals surface area contributed by atoms with E-state index < -0.39 is 0 Å². The second-order valence-corrected chi connectivity index (χ2v) is 4.40. The van der Waals surface area contributed by atoms with Crippen molar-refractivity contribution in [2.45, 2.75) is 6.42 Å². The van der Waals surface area contributed by atoms with Crippen molar-refractivity contribution in [1.82, 2.24) is 4.98 Å². The Morgan fingerprint density at radius 2 is 1.90 bits per heavy atom. The molecule has 0 saturated carbocycles. The first-order valence-electron chi connectivity index (χ1n) is 6.28. The van der Waals surface area contributed by atoms with E-state index in [0.717, 1.165) is 11.3 Å². The number of Topliss-reactive ketones (excluding diaryl/α,β-unsaturated/α-hetero) is 1. The van der Waals surface area contributed by atoms with E-state index in [1.165, 1.54) is 0 Å². The molecule has 0 fully saturated rings. The lowest BCUT2D eigenvalue weighted by Crippen LogP contribution is -2.03. The molecule has 0 saturated heterocycles. The number of benzene rings is 2. The average Bonchev–Trinajstić information content (AvgIpc) is 2.89. The van der Waals surface area contributed by atoms with Gasteiger partial charge in [-0.3, -0.25) is 4.79 Å². The second-order valence-electron chi connectivity index (χ2n) is 4.40. The van der Waals surface area contributed by atoms with Crippen LogP contribution in [0.1, 0.15) is 16.2 Å². The van der Waals surface area contributed by atoms with Gasteiger partial charge in [0.2, 0.25) is 5.89 Å². The van der Waals surface area contributed by atoms with E-state index in [0.29, 0.717) is 17.0 Å². The molecule has 4 nitrogen and oxygen atoms in total. The van der Waals surface area contributed by atoms with E-state index in [2.05, 4.69) is 4.98 Å². The molecule has 0 unspecified atom stereocenters. The van der Waals surface area contributed by atoms with Gasteiger partial charge in [0.15, 0.2) is 11.4 Å². The van der Waals surface area contributed by atoms with Crippen molar-refractivity contribution in [2.24, 2.45) is 0 Å². The van der Waals surface area contributed by atoms with Gasteiger partial charge in [-0.25, -0.2) is 4.98 Å². The molecule has 1 aromatic heterocycles. The number of hydrogen-bond acceptors (Lipinski definition) is 4. The molecule has 0 radical (unpaired) electrons. The third kappa shape index (κ3) is 2.40. The number of carbonyl (C=O) groups excluding carboxylic acids is 1. The van der Waals surface area contributed by atoms with Crippen LogP contribution < -0.4 is 4.74 Å². The van der Waals surface area contributed by atoms with Crippen LogP contribution in [-0.2, 0) is 6.42 Å². The minimum atomic E-state index is -0.0285. The smallest absolute Gasteiger partial charge is 0.203 e. The lowest BCUT2D eigenvalue weighted by Gasteiger charge is -2.01. The molecule has 20 heavy (non-hydrogen) atoms. The monoisotopic (exact) mass is 267 g/mol. The molecule has 0 bridgehead atoms. The van der Waals surface area contributed by atoms with Crippen molar-refractivity contribution in [1.29, 1.82) is 0 Å². The molecule has 3 aromatic rings. The van der Waals surface area contributed by atoms with Crippen molar-refractivity contribution < 1.29 is 13.9 Å². The summed E-state index contributed by atoms with van der Waals surface area (Å²) in [6, 6.07) is 14.5. The average molecular weight is 267 g/mol. The van der Waals surface area contributed by atoms with Gasteiger partial charge in [-0.05, 0) is 36.4 Å². The van der Waals surface area contributed by atoms with Gasteiger partial charge in [-0.1, -0.05) is 12.1 Å². The normalized spacial score (nSPS) is 10.7. The number of para-hydroxylation sites is 2. The van der Waals surface area contributed by atoms with Crippen LogP contribution in [0.4, 0.5) is 0 Å². The van der Waals surface area contributed by atoms with Crippen LogP contribution in [0.5, 0.6) is 5.75 Å². The summed E-state index contributed by atoms with van der Waals surface area (Å²) < 4.78 is 10.6. The summed E-state index contributed by atoms with van der Waals surface area (Å²) in [5, 5.41) is 0. The summed E-state index contributed by atoms with van der Waals surface area (Å²) in [4.78, 5) is 16.4. The molecular formula is C16H13NO3. The standard InChI is InChI=1S/C16H13NO3/c1-19-12-8-6-11(7-9-12)14(18)10-16-17-13-4-2-3-5-15(13)20-16/h2-9H,10H2,1H3. The van der Waals surface area contributed by atoms with E-state index in [1.807, 2.05) is 24.3 Å². The van der Waals surface area contributed by atoms with Gasteiger partial charge in [-0.15, -0.1) is 0 Å². The van der Waals surface area contributed by atoms with Gasteiger partial charge in [0.25, 0.3) is 0 Å². The first-order valence-corrected chi connectivity index (χ1v) is 6.28. The Kier molecular flexibility index (Phi) is 3.21. The first kappa shape index (κ1) is 12.4. The van der Waals surface area contributed by atoms with Gasteiger partial charge >= 0.3 is 0 Å². The Hall–Kier alpha value is -2.62. The lowest BCUT2D eigenvalue weighted by atomic mass is 10.1. The number of hydrogen-bond donors (Lipinski definition) is 0. The molecule has 0 atom stereocenters. The van der Waals surface area contributed by atoms with Crippen LogP contribution in [0.3, 0.4) is 0 Å². The van der Waals surface area contributed by atoms with Crippen LogP contribution in [-0.4, -0.2) is 17.9 Å². The number of methoxy groups -OCH3 is 1. The number of rotatable bonds is 4. The van der Waals surface area contributed by atoms with Gasteiger partial charge in [0.05, 0.1) is 13.5 Å². The summed E-state index contributed by atoms with van der Waals surface area (Å²) in [6.45, 7) is 0. The molecule has 2 aromatic carbocycles. The molecule has 4 heteroatoms. The highest BCUT2D eigenvalue weighted by Crippen LogP contribution is 2.17. The predicted octanol–water partition coefficient (Wildman–Crippen LogP) is 3.26. The van der Waals surface area contributed by atoms with Crippen molar-refractivity contribution >= 4 is 16.9 Å².